The van der Waals surface area contributed by atoms with Crippen molar-refractivity contribution in [2.45, 2.75) is 46.1 Å². The number of aromatic nitrogens is 2. The molecule has 5 aromatic rings. The van der Waals surface area contributed by atoms with Crippen LogP contribution in [0.3, 0.4) is 0 Å². The predicted octanol–water partition coefficient (Wildman–Crippen LogP) is 7.11. The van der Waals surface area contributed by atoms with Crippen LogP contribution < -0.4 is 16.0 Å². The fraction of sp³-hybridized carbons (Fsp3) is 0.242. The highest BCUT2D eigenvalue weighted by molar-refractivity contribution is 7.22. The lowest BCUT2D eigenvalue weighted by molar-refractivity contribution is -0.118. The molecule has 6 nitrogen and oxygen atoms in total. The van der Waals surface area contributed by atoms with Crippen molar-refractivity contribution in [3.8, 4) is 21.9 Å². The van der Waals surface area contributed by atoms with Crippen molar-refractivity contribution >= 4 is 39.7 Å². The van der Waals surface area contributed by atoms with Crippen molar-refractivity contribution in [3.05, 3.63) is 116 Å². The summed E-state index contributed by atoms with van der Waals surface area (Å²) in [5.41, 5.74) is 1.33. The summed E-state index contributed by atoms with van der Waals surface area (Å²) in [6.45, 7) is 3.43. The van der Waals surface area contributed by atoms with Gasteiger partial charge in [-0.2, -0.15) is 0 Å². The van der Waals surface area contributed by atoms with Gasteiger partial charge in [0, 0.05) is 23.3 Å². The van der Waals surface area contributed by atoms with Crippen LogP contribution in [0.15, 0.2) is 76.3 Å². The highest BCUT2D eigenvalue weighted by atomic mass is 35.5. The zero-order valence-electron chi connectivity index (χ0n) is 24.0. The number of hydrogen-bond donors (Lipinski definition) is 0. The molecule has 43 heavy (non-hydrogen) atoms. The summed E-state index contributed by atoms with van der Waals surface area (Å²) in [7, 11) is 1.52. The summed E-state index contributed by atoms with van der Waals surface area (Å²) >= 11 is 1.25. The van der Waals surface area contributed by atoms with Gasteiger partial charge in [-0.3, -0.25) is 14.2 Å². The Kier molecular flexibility index (Phi) is 9.98. The van der Waals surface area contributed by atoms with Gasteiger partial charge in [-0.05, 0) is 59.5 Å². The molecule has 0 unspecified atom stereocenters. The van der Waals surface area contributed by atoms with Crippen LogP contribution in [-0.4, -0.2) is 22.0 Å². The molecule has 2 heterocycles. The van der Waals surface area contributed by atoms with Gasteiger partial charge in [0.2, 0.25) is 0 Å². The first-order valence-electron chi connectivity index (χ1n) is 13.8. The lowest BCUT2D eigenvalue weighted by Gasteiger charge is -2.14. The summed E-state index contributed by atoms with van der Waals surface area (Å²) in [5.74, 6) is -0.866. The largest absolute Gasteiger partial charge is 0.497 e. The molecule has 10 heteroatoms. The van der Waals surface area contributed by atoms with Crippen molar-refractivity contribution in [2.75, 3.05) is 7.11 Å². The Hall–Kier alpha value is -4.08. The molecule has 0 spiro atoms. The fourth-order valence-electron chi connectivity index (χ4n) is 5.06. The fourth-order valence-corrected chi connectivity index (χ4v) is 6.40. The highest BCUT2D eigenvalue weighted by Gasteiger charge is 2.24. The van der Waals surface area contributed by atoms with Crippen molar-refractivity contribution in [2.24, 2.45) is 0 Å². The topological polar surface area (TPSA) is 70.3 Å². The first-order valence-corrected chi connectivity index (χ1v) is 14.6. The van der Waals surface area contributed by atoms with E-state index >= 15 is 0 Å². The number of nitrogens with zero attached hydrogens (tertiary/aromatic N) is 2. The quantitative estimate of drug-likeness (QED) is 0.166. The standard InChI is InChI=1S/C33H30F2N2O4S.ClH/c1-4-7-25-29-31(39)37(22-14-16-24(41-3)17-15-22)33(40)36(19-26-27(34)8-6-9-28(26)35)32(29)42-30(25)21-12-10-20(11-13-21)18-23(38)5-2;/h6,8-17H,4-5,7,18-19H2,1-3H3;1H. The van der Waals surface area contributed by atoms with Gasteiger partial charge in [-0.15, -0.1) is 23.7 Å². The van der Waals surface area contributed by atoms with Crippen molar-refractivity contribution in [3.63, 3.8) is 0 Å². The van der Waals surface area contributed by atoms with Crippen LogP contribution in [0.1, 0.15) is 43.4 Å². The number of carbonyl (C=O) groups excluding carboxylic acids is 1. The Morgan fingerprint density at radius 2 is 1.56 bits per heavy atom. The number of benzene rings is 3. The van der Waals surface area contributed by atoms with E-state index in [2.05, 4.69) is 0 Å². The van der Waals surface area contributed by atoms with Crippen LogP contribution in [0.2, 0.25) is 0 Å². The molecule has 0 saturated carbocycles. The molecule has 0 saturated heterocycles. The zero-order chi connectivity index (χ0) is 30.0. The van der Waals surface area contributed by atoms with Gasteiger partial charge in [0.05, 0.1) is 24.7 Å². The highest BCUT2D eigenvalue weighted by Crippen LogP contribution is 2.38. The van der Waals surface area contributed by atoms with Gasteiger partial charge in [0.25, 0.3) is 5.56 Å². The minimum Gasteiger partial charge on any atom is -0.497 e. The Balaban J connectivity index is 0.00000423. The lowest BCUT2D eigenvalue weighted by atomic mass is 10.0. The number of rotatable bonds is 10. The van der Waals surface area contributed by atoms with Gasteiger partial charge in [0.1, 0.15) is 28.0 Å². The number of methoxy groups -OCH3 is 1. The number of carbonyl (C=O) groups is 1. The summed E-state index contributed by atoms with van der Waals surface area (Å²) in [4.78, 5) is 41.2. The number of aryl methyl sites for hydroxylation is 1. The first kappa shape index (κ1) is 31.8. The van der Waals surface area contributed by atoms with Gasteiger partial charge in [0.15, 0.2) is 0 Å². The number of thiophene rings is 1. The third-order valence-electron chi connectivity index (χ3n) is 7.29. The van der Waals surface area contributed by atoms with E-state index in [1.165, 1.54) is 29.1 Å². The molecule has 0 bridgehead atoms. The maximum atomic E-state index is 14.8. The molecule has 0 atom stereocenters. The number of ketones is 1. The maximum Gasteiger partial charge on any atom is 0.337 e. The maximum absolute atomic E-state index is 14.8. The summed E-state index contributed by atoms with van der Waals surface area (Å²) in [6.07, 6.45) is 2.07. The van der Waals surface area contributed by atoms with Gasteiger partial charge in [-0.25, -0.2) is 18.1 Å². The number of hydrogen-bond acceptors (Lipinski definition) is 5. The first-order chi connectivity index (χ1) is 20.3. The molecule has 0 fully saturated rings. The van der Waals surface area contributed by atoms with E-state index in [1.54, 1.807) is 24.3 Å². The molecule has 2 aromatic heterocycles. The molecule has 0 N–H and O–H groups in total. The molecule has 0 radical (unpaired) electrons. The molecular formula is C33H31ClF2N2O4S. The number of Topliss-reactive ketones (excluding diaryl/α,β-unsaturated/α-hetero) is 1. The second kappa shape index (κ2) is 13.5. The Bertz CT molecular complexity index is 1870. The molecular weight excluding hydrogens is 594 g/mol. The van der Waals surface area contributed by atoms with Gasteiger partial charge < -0.3 is 4.74 Å². The number of ether oxygens (including phenoxy) is 1. The van der Waals surface area contributed by atoms with E-state index in [9.17, 15) is 23.2 Å². The van der Waals surface area contributed by atoms with Crippen molar-refractivity contribution in [1.29, 1.82) is 0 Å². The minimum absolute atomic E-state index is 0. The molecule has 224 valence electrons. The van der Waals surface area contributed by atoms with E-state index in [0.29, 0.717) is 40.9 Å². The van der Waals surface area contributed by atoms with E-state index < -0.39 is 29.4 Å². The predicted molar refractivity (Wildman–Crippen MR) is 169 cm³/mol. The third kappa shape index (κ3) is 6.19. The summed E-state index contributed by atoms with van der Waals surface area (Å²) in [6, 6.07) is 17.6. The van der Waals surface area contributed by atoms with E-state index in [-0.39, 0.29) is 23.8 Å². The van der Waals surface area contributed by atoms with Crippen LogP contribution in [0.5, 0.6) is 5.75 Å². The average Bonchev–Trinajstić information content (AvgIpc) is 3.36. The molecule has 0 aliphatic heterocycles. The lowest BCUT2D eigenvalue weighted by Crippen LogP contribution is -2.39. The summed E-state index contributed by atoms with van der Waals surface area (Å²) in [5, 5.41) is 0.342. The number of halogens is 3. The Labute approximate surface area is 257 Å². The van der Waals surface area contributed by atoms with Gasteiger partial charge in [-0.1, -0.05) is 50.6 Å². The SMILES string of the molecule is CCCc1c(-c2ccc(CC(=O)CC)cc2)sc2c1c(=O)n(-c1ccc(OC)cc1)c(=O)n2Cc1c(F)cccc1F.Cl. The summed E-state index contributed by atoms with van der Waals surface area (Å²) < 4.78 is 37.2. The van der Waals surface area contributed by atoms with Crippen LogP contribution in [-0.2, 0) is 24.2 Å². The minimum atomic E-state index is -0.778. The Morgan fingerprint density at radius 3 is 2.14 bits per heavy atom. The van der Waals surface area contributed by atoms with Crippen LogP contribution in [0.4, 0.5) is 8.78 Å². The van der Waals surface area contributed by atoms with Gasteiger partial charge >= 0.3 is 5.69 Å². The van der Waals surface area contributed by atoms with Crippen LogP contribution in [0, 0.1) is 11.6 Å². The normalized spacial score (nSPS) is 11.0. The van der Waals surface area contributed by atoms with Crippen molar-refractivity contribution in [1.82, 2.24) is 9.13 Å². The smallest absolute Gasteiger partial charge is 0.337 e. The number of fused-ring (bicyclic) bond motifs is 1. The Morgan fingerprint density at radius 1 is 0.907 bits per heavy atom. The zero-order valence-corrected chi connectivity index (χ0v) is 25.6. The monoisotopic (exact) mass is 624 g/mol. The van der Waals surface area contributed by atoms with E-state index in [0.717, 1.165) is 44.7 Å². The molecule has 3 aromatic carbocycles. The van der Waals surface area contributed by atoms with E-state index in [4.69, 9.17) is 4.74 Å². The van der Waals surface area contributed by atoms with Crippen LogP contribution in [0.25, 0.3) is 26.3 Å². The molecule has 0 amide bonds. The molecule has 5 rings (SSSR count). The third-order valence-corrected chi connectivity index (χ3v) is 8.60. The second-order valence-electron chi connectivity index (χ2n) is 10.0. The second-order valence-corrected chi connectivity index (χ2v) is 11.0. The van der Waals surface area contributed by atoms with Crippen molar-refractivity contribution < 1.29 is 18.3 Å². The molecule has 0 aliphatic rings. The molecule has 0 aliphatic carbocycles. The van der Waals surface area contributed by atoms with E-state index in [1.807, 2.05) is 38.1 Å². The van der Waals surface area contributed by atoms with Crippen LogP contribution >= 0.6 is 23.7 Å². The average molecular weight is 625 g/mol.